The van der Waals surface area contributed by atoms with Crippen molar-refractivity contribution in [3.05, 3.63) is 27.8 Å². The second-order valence-electron chi connectivity index (χ2n) is 13.2. The van der Waals surface area contributed by atoms with Crippen molar-refractivity contribution in [1.82, 2.24) is 20.9 Å². The summed E-state index contributed by atoms with van der Waals surface area (Å²) >= 11 is 0. The molecule has 3 N–H and O–H groups in total. The van der Waals surface area contributed by atoms with Crippen LogP contribution < -0.4 is 25.4 Å². The van der Waals surface area contributed by atoms with Crippen molar-refractivity contribution >= 4 is 41.2 Å². The maximum Gasteiger partial charge on any atom is 0.308 e. The number of methoxy groups -OCH3 is 1. The molecular formula is C36H55N5O13. The SMILES string of the molecule is COc1cc(C(C)OC(=O)C(C)C)c([N+](=O)[O-])cc1OCCCC(=O)NCCNC(=O)CCOCCOCCNC(=O)CCN1C(=O)CC(C(C)C)C1=O. The van der Waals surface area contributed by atoms with Gasteiger partial charge in [-0.2, -0.15) is 0 Å². The molecule has 0 saturated carbocycles. The summed E-state index contributed by atoms with van der Waals surface area (Å²) in [6.07, 6.45) is -0.135. The fourth-order valence-corrected chi connectivity index (χ4v) is 5.21. The molecule has 0 radical (unpaired) electrons. The molecule has 54 heavy (non-hydrogen) atoms. The van der Waals surface area contributed by atoms with Gasteiger partial charge in [0.1, 0.15) is 6.10 Å². The number of nitro groups is 1. The molecule has 1 fully saturated rings. The quantitative estimate of drug-likeness (QED) is 0.0404. The predicted molar refractivity (Wildman–Crippen MR) is 193 cm³/mol. The van der Waals surface area contributed by atoms with E-state index in [4.69, 9.17) is 23.7 Å². The highest BCUT2D eigenvalue weighted by molar-refractivity contribution is 6.03. The monoisotopic (exact) mass is 765 g/mol. The molecule has 1 aliphatic heterocycles. The molecule has 18 heteroatoms. The average Bonchev–Trinajstić information content (AvgIpc) is 3.41. The minimum atomic E-state index is -0.891. The highest BCUT2D eigenvalue weighted by Gasteiger charge is 2.39. The molecule has 2 atom stereocenters. The second-order valence-corrected chi connectivity index (χ2v) is 13.2. The highest BCUT2D eigenvalue weighted by Crippen LogP contribution is 2.38. The molecule has 1 heterocycles. The fourth-order valence-electron chi connectivity index (χ4n) is 5.21. The Hall–Kier alpha value is -4.84. The van der Waals surface area contributed by atoms with Gasteiger partial charge in [-0.3, -0.25) is 43.8 Å². The van der Waals surface area contributed by atoms with E-state index in [0.29, 0.717) is 6.42 Å². The van der Waals surface area contributed by atoms with Gasteiger partial charge in [0.15, 0.2) is 11.5 Å². The number of nitrogens with zero attached hydrogens (tertiary/aromatic N) is 2. The van der Waals surface area contributed by atoms with E-state index in [-0.39, 0.29) is 149 Å². The molecule has 0 spiro atoms. The van der Waals surface area contributed by atoms with Crippen molar-refractivity contribution in [2.24, 2.45) is 17.8 Å². The number of carbonyl (C=O) groups excluding carboxylic acids is 6. The summed E-state index contributed by atoms with van der Waals surface area (Å²) in [5.74, 6) is -2.07. The lowest BCUT2D eigenvalue weighted by molar-refractivity contribution is -0.386. The summed E-state index contributed by atoms with van der Waals surface area (Å²) in [7, 11) is 1.38. The van der Waals surface area contributed by atoms with Crippen LogP contribution in [0.15, 0.2) is 12.1 Å². The van der Waals surface area contributed by atoms with Crippen molar-refractivity contribution < 1.29 is 57.4 Å². The number of nitro benzene ring substituents is 1. The Bertz CT molecular complexity index is 1450. The third-order valence-corrected chi connectivity index (χ3v) is 8.35. The van der Waals surface area contributed by atoms with Gasteiger partial charge < -0.3 is 39.6 Å². The summed E-state index contributed by atoms with van der Waals surface area (Å²) in [6, 6.07) is 2.61. The number of hydrogen-bond acceptors (Lipinski definition) is 13. The van der Waals surface area contributed by atoms with E-state index in [2.05, 4.69) is 16.0 Å². The lowest BCUT2D eigenvalue weighted by Gasteiger charge is -2.18. The van der Waals surface area contributed by atoms with E-state index >= 15 is 0 Å². The van der Waals surface area contributed by atoms with Gasteiger partial charge in [0.25, 0.3) is 5.69 Å². The minimum absolute atomic E-state index is 0.0295. The first-order chi connectivity index (χ1) is 25.7. The highest BCUT2D eigenvalue weighted by atomic mass is 16.6. The molecular weight excluding hydrogens is 710 g/mol. The maximum atomic E-state index is 12.3. The number of likely N-dealkylation sites (tertiary alicyclic amines) is 1. The van der Waals surface area contributed by atoms with Crippen molar-refractivity contribution in [2.45, 2.75) is 72.8 Å². The third kappa shape index (κ3) is 15.6. The normalized spacial score (nSPS) is 14.6. The van der Waals surface area contributed by atoms with Crippen LogP contribution in [-0.4, -0.2) is 112 Å². The zero-order valence-corrected chi connectivity index (χ0v) is 32.1. The molecule has 0 aliphatic carbocycles. The Morgan fingerprint density at radius 2 is 1.44 bits per heavy atom. The Kier molecular flexibility index (Phi) is 19.9. The first kappa shape index (κ1) is 45.3. The minimum Gasteiger partial charge on any atom is -0.493 e. The number of benzene rings is 1. The number of imide groups is 1. The number of esters is 1. The van der Waals surface area contributed by atoms with Crippen molar-refractivity contribution in [3.63, 3.8) is 0 Å². The molecule has 5 amide bonds. The standard InChI is InChI=1S/C36H55N5O13/c1-23(2)26-21-34(45)40(35(26)46)14-9-32(43)39-13-17-52-19-18-51-16-10-33(44)38-12-11-37-31(42)8-7-15-53-30-22-28(41(48)49)27(20-29(30)50-6)25(5)54-36(47)24(3)4/h20,22-26H,7-19,21H2,1-6H3,(H,37,42)(H,38,44)(H,39,43). The van der Waals surface area contributed by atoms with Crippen LogP contribution in [0.1, 0.15) is 78.4 Å². The van der Waals surface area contributed by atoms with Crippen molar-refractivity contribution in [1.29, 1.82) is 0 Å². The largest absolute Gasteiger partial charge is 0.493 e. The summed E-state index contributed by atoms with van der Waals surface area (Å²) < 4.78 is 27.1. The summed E-state index contributed by atoms with van der Waals surface area (Å²) in [4.78, 5) is 85.0. The molecule has 0 bridgehead atoms. The maximum absolute atomic E-state index is 12.3. The number of ether oxygens (including phenoxy) is 5. The molecule has 2 unspecified atom stereocenters. The number of nitrogens with one attached hydrogen (secondary N) is 3. The smallest absolute Gasteiger partial charge is 0.308 e. The number of carbonyl (C=O) groups is 6. The predicted octanol–water partition coefficient (Wildman–Crippen LogP) is 2.22. The van der Waals surface area contributed by atoms with Crippen molar-refractivity contribution in [3.8, 4) is 11.5 Å². The van der Waals surface area contributed by atoms with Crippen LogP contribution in [0.4, 0.5) is 5.69 Å². The van der Waals surface area contributed by atoms with Crippen LogP contribution in [0.2, 0.25) is 0 Å². The lowest BCUT2D eigenvalue weighted by Crippen LogP contribution is -2.36. The Morgan fingerprint density at radius 3 is 2.04 bits per heavy atom. The van der Waals surface area contributed by atoms with Gasteiger partial charge in [-0.25, -0.2) is 0 Å². The number of hydrogen-bond donors (Lipinski definition) is 3. The number of rotatable bonds is 26. The molecule has 1 aliphatic rings. The molecule has 1 saturated heterocycles. The topological polar surface area (TPSA) is 231 Å². The third-order valence-electron chi connectivity index (χ3n) is 8.35. The van der Waals surface area contributed by atoms with Crippen LogP contribution in [0.5, 0.6) is 11.5 Å². The first-order valence-corrected chi connectivity index (χ1v) is 18.2. The molecule has 18 nitrogen and oxygen atoms in total. The van der Waals surface area contributed by atoms with Gasteiger partial charge in [-0.05, 0) is 25.3 Å². The van der Waals surface area contributed by atoms with E-state index in [1.165, 1.54) is 26.2 Å². The van der Waals surface area contributed by atoms with E-state index in [0.717, 1.165) is 4.90 Å². The molecule has 2 rings (SSSR count). The Morgan fingerprint density at radius 1 is 0.833 bits per heavy atom. The molecule has 302 valence electrons. The summed E-state index contributed by atoms with van der Waals surface area (Å²) in [5, 5.41) is 19.8. The van der Waals surface area contributed by atoms with Crippen molar-refractivity contribution in [2.75, 3.05) is 66.3 Å². The molecule has 0 aromatic heterocycles. The van der Waals surface area contributed by atoms with Gasteiger partial charge in [-0.1, -0.05) is 27.7 Å². The van der Waals surface area contributed by atoms with E-state index in [1.54, 1.807) is 13.8 Å². The van der Waals surface area contributed by atoms with E-state index < -0.39 is 22.9 Å². The second kappa shape index (κ2) is 23.7. The summed E-state index contributed by atoms with van der Waals surface area (Å²) in [6.45, 7) is 10.4. The zero-order chi connectivity index (χ0) is 40.2. The molecule has 1 aromatic rings. The van der Waals surface area contributed by atoms with Crippen LogP contribution in [-0.2, 0) is 43.0 Å². The zero-order valence-electron chi connectivity index (χ0n) is 32.1. The Balaban J connectivity index is 1.51. The van der Waals surface area contributed by atoms with Gasteiger partial charge in [0, 0.05) is 57.8 Å². The van der Waals surface area contributed by atoms with Gasteiger partial charge in [0.05, 0.1) is 62.6 Å². The van der Waals surface area contributed by atoms with Gasteiger partial charge >= 0.3 is 5.97 Å². The summed E-state index contributed by atoms with van der Waals surface area (Å²) in [5.41, 5.74) is -0.137. The van der Waals surface area contributed by atoms with Crippen LogP contribution >= 0.6 is 0 Å². The fraction of sp³-hybridized carbons (Fsp3) is 0.667. The average molecular weight is 766 g/mol. The van der Waals surface area contributed by atoms with Gasteiger partial charge in [0.2, 0.25) is 29.5 Å². The lowest BCUT2D eigenvalue weighted by atomic mass is 9.94. The van der Waals surface area contributed by atoms with Crippen LogP contribution in [0, 0.1) is 27.9 Å². The molecule has 1 aromatic carbocycles. The Labute approximate surface area is 315 Å². The number of amides is 5. The van der Waals surface area contributed by atoms with Crippen LogP contribution in [0.3, 0.4) is 0 Å². The van der Waals surface area contributed by atoms with Crippen LogP contribution in [0.25, 0.3) is 0 Å². The van der Waals surface area contributed by atoms with E-state index in [1.807, 2.05) is 13.8 Å². The van der Waals surface area contributed by atoms with Gasteiger partial charge in [-0.15, -0.1) is 0 Å². The first-order valence-electron chi connectivity index (χ1n) is 18.2. The van der Waals surface area contributed by atoms with E-state index in [9.17, 15) is 38.9 Å².